The van der Waals surface area contributed by atoms with Crippen molar-refractivity contribution in [2.24, 2.45) is 0 Å². The Hall–Kier alpha value is -2.11. The molecule has 6 nitrogen and oxygen atoms in total. The highest BCUT2D eigenvalue weighted by Crippen LogP contribution is 2.30. The monoisotopic (exact) mass is 266 g/mol. The predicted octanol–water partition coefficient (Wildman–Crippen LogP) is 2.52. The smallest absolute Gasteiger partial charge is 0.311 e. The summed E-state index contributed by atoms with van der Waals surface area (Å²) in [4.78, 5) is 22.5. The predicted molar refractivity (Wildman–Crippen MR) is 71.5 cm³/mol. The summed E-state index contributed by atoms with van der Waals surface area (Å²) < 4.78 is 5.26. The number of hydrogen-bond donors (Lipinski definition) is 1. The fourth-order valence-electron chi connectivity index (χ4n) is 1.55. The molecule has 0 spiro atoms. The minimum Gasteiger partial charge on any atom is -0.487 e. The summed E-state index contributed by atoms with van der Waals surface area (Å²) in [5.41, 5.74) is -0.00463. The van der Waals surface area contributed by atoms with Gasteiger partial charge in [-0.1, -0.05) is 13.0 Å². The van der Waals surface area contributed by atoms with Crippen LogP contribution in [0.15, 0.2) is 18.2 Å². The summed E-state index contributed by atoms with van der Waals surface area (Å²) in [7, 11) is 0. The Morgan fingerprint density at radius 2 is 2.16 bits per heavy atom. The summed E-state index contributed by atoms with van der Waals surface area (Å²) in [5, 5.41) is 13.7. The molecule has 0 aromatic heterocycles. The molecule has 6 heteroatoms. The van der Waals surface area contributed by atoms with Crippen molar-refractivity contribution < 1.29 is 14.5 Å². The lowest BCUT2D eigenvalue weighted by Gasteiger charge is -2.14. The Morgan fingerprint density at radius 3 is 2.68 bits per heavy atom. The average molecular weight is 266 g/mol. The summed E-state index contributed by atoms with van der Waals surface area (Å²) in [6, 6.07) is 4.33. The molecule has 0 fully saturated rings. The molecule has 0 radical (unpaired) electrons. The molecule has 1 aromatic rings. The minimum atomic E-state index is -0.551. The standard InChI is InChI=1S/C13H18N2O4/c1-4-9(3)14-13(16)10-7-6-8-11(15(17)18)12(10)19-5-2/h6-9H,4-5H2,1-3H3,(H,14,16). The van der Waals surface area contributed by atoms with E-state index in [9.17, 15) is 14.9 Å². The van der Waals surface area contributed by atoms with Gasteiger partial charge in [0, 0.05) is 12.1 Å². The molecule has 1 atom stereocenters. The third kappa shape index (κ3) is 3.67. The van der Waals surface area contributed by atoms with Gasteiger partial charge in [-0.3, -0.25) is 14.9 Å². The van der Waals surface area contributed by atoms with E-state index in [0.29, 0.717) is 0 Å². The number of para-hydroxylation sites is 1. The number of amides is 1. The van der Waals surface area contributed by atoms with Gasteiger partial charge in [0.25, 0.3) is 5.91 Å². The second-order valence-electron chi connectivity index (χ2n) is 4.13. The zero-order chi connectivity index (χ0) is 14.4. The molecular weight excluding hydrogens is 248 g/mol. The van der Waals surface area contributed by atoms with Crippen LogP contribution in [0.1, 0.15) is 37.6 Å². The number of rotatable bonds is 6. The summed E-state index contributed by atoms with van der Waals surface area (Å²) in [6.45, 7) is 5.79. The quantitative estimate of drug-likeness (QED) is 0.633. The Morgan fingerprint density at radius 1 is 1.47 bits per heavy atom. The van der Waals surface area contributed by atoms with Crippen LogP contribution in [0.25, 0.3) is 0 Å². The Labute approximate surface area is 111 Å². The topological polar surface area (TPSA) is 81.5 Å². The van der Waals surface area contributed by atoms with Gasteiger partial charge in [0.1, 0.15) is 0 Å². The van der Waals surface area contributed by atoms with Crippen LogP contribution in [0.2, 0.25) is 0 Å². The molecule has 0 bridgehead atoms. The maximum Gasteiger partial charge on any atom is 0.311 e. The van der Waals surface area contributed by atoms with Crippen molar-refractivity contribution >= 4 is 11.6 Å². The first-order chi connectivity index (χ1) is 9.01. The van der Waals surface area contributed by atoms with E-state index in [1.165, 1.54) is 18.2 Å². The van der Waals surface area contributed by atoms with E-state index in [4.69, 9.17) is 4.74 Å². The molecule has 0 saturated carbocycles. The lowest BCUT2D eigenvalue weighted by atomic mass is 10.1. The second-order valence-corrected chi connectivity index (χ2v) is 4.13. The lowest BCUT2D eigenvalue weighted by Crippen LogP contribution is -2.32. The molecule has 1 rings (SSSR count). The molecule has 104 valence electrons. The van der Waals surface area contributed by atoms with Gasteiger partial charge in [0.2, 0.25) is 5.75 Å². The maximum atomic E-state index is 12.1. The van der Waals surface area contributed by atoms with Gasteiger partial charge in [0.05, 0.1) is 17.1 Å². The number of carbonyl (C=O) groups excluding carboxylic acids is 1. The largest absolute Gasteiger partial charge is 0.487 e. The Kier molecular flexibility index (Phi) is 5.29. The first-order valence-electron chi connectivity index (χ1n) is 6.22. The Balaban J connectivity index is 3.15. The van der Waals surface area contributed by atoms with E-state index >= 15 is 0 Å². The highest BCUT2D eigenvalue weighted by molar-refractivity contribution is 5.98. The van der Waals surface area contributed by atoms with Gasteiger partial charge in [-0.2, -0.15) is 0 Å². The number of benzene rings is 1. The van der Waals surface area contributed by atoms with Gasteiger partial charge in [-0.15, -0.1) is 0 Å². The number of nitro benzene ring substituents is 1. The number of ether oxygens (including phenoxy) is 1. The van der Waals surface area contributed by atoms with Crippen molar-refractivity contribution in [2.75, 3.05) is 6.61 Å². The van der Waals surface area contributed by atoms with Gasteiger partial charge >= 0.3 is 5.69 Å². The van der Waals surface area contributed by atoms with Crippen molar-refractivity contribution in [3.8, 4) is 5.75 Å². The number of nitro groups is 1. The van der Waals surface area contributed by atoms with Crippen LogP contribution in [0.5, 0.6) is 5.75 Å². The van der Waals surface area contributed by atoms with Crippen molar-refractivity contribution in [3.63, 3.8) is 0 Å². The molecular formula is C13H18N2O4. The third-order valence-corrected chi connectivity index (χ3v) is 2.71. The molecule has 0 heterocycles. The fourth-order valence-corrected chi connectivity index (χ4v) is 1.55. The van der Waals surface area contributed by atoms with Gasteiger partial charge < -0.3 is 10.1 Å². The van der Waals surface area contributed by atoms with E-state index in [-0.39, 0.29) is 35.6 Å². The van der Waals surface area contributed by atoms with E-state index in [0.717, 1.165) is 6.42 Å². The molecule has 1 aromatic carbocycles. The first-order valence-corrected chi connectivity index (χ1v) is 6.22. The molecule has 1 unspecified atom stereocenters. The van der Waals surface area contributed by atoms with Crippen molar-refractivity contribution in [1.29, 1.82) is 0 Å². The maximum absolute atomic E-state index is 12.1. The van der Waals surface area contributed by atoms with Crippen LogP contribution in [0, 0.1) is 10.1 Å². The second kappa shape index (κ2) is 6.72. The van der Waals surface area contributed by atoms with Crippen LogP contribution in [-0.4, -0.2) is 23.5 Å². The van der Waals surface area contributed by atoms with Crippen LogP contribution in [0.4, 0.5) is 5.69 Å². The van der Waals surface area contributed by atoms with Gasteiger partial charge in [-0.25, -0.2) is 0 Å². The minimum absolute atomic E-state index is 0.00115. The molecule has 0 aliphatic heterocycles. The molecule has 1 N–H and O–H groups in total. The molecule has 0 aliphatic rings. The van der Waals surface area contributed by atoms with Crippen molar-refractivity contribution in [3.05, 3.63) is 33.9 Å². The number of nitrogens with zero attached hydrogens (tertiary/aromatic N) is 1. The molecule has 0 aliphatic carbocycles. The van der Waals surface area contributed by atoms with Gasteiger partial charge in [-0.05, 0) is 26.3 Å². The Bertz CT molecular complexity index is 474. The van der Waals surface area contributed by atoms with Crippen molar-refractivity contribution in [1.82, 2.24) is 5.32 Å². The third-order valence-electron chi connectivity index (χ3n) is 2.71. The highest BCUT2D eigenvalue weighted by Gasteiger charge is 2.23. The van der Waals surface area contributed by atoms with Gasteiger partial charge in [0.15, 0.2) is 0 Å². The van der Waals surface area contributed by atoms with Crippen LogP contribution in [-0.2, 0) is 0 Å². The van der Waals surface area contributed by atoms with Crippen LogP contribution in [0.3, 0.4) is 0 Å². The summed E-state index contributed by atoms with van der Waals surface area (Å²) >= 11 is 0. The normalized spacial score (nSPS) is 11.7. The zero-order valence-corrected chi connectivity index (χ0v) is 11.3. The highest BCUT2D eigenvalue weighted by atomic mass is 16.6. The molecule has 1 amide bonds. The average Bonchev–Trinajstić information content (AvgIpc) is 2.38. The summed E-state index contributed by atoms with van der Waals surface area (Å²) in [6.07, 6.45) is 0.782. The number of carbonyl (C=O) groups is 1. The molecule has 0 saturated heterocycles. The van der Waals surface area contributed by atoms with E-state index in [2.05, 4.69) is 5.32 Å². The lowest BCUT2D eigenvalue weighted by molar-refractivity contribution is -0.385. The number of hydrogen-bond acceptors (Lipinski definition) is 4. The summed E-state index contributed by atoms with van der Waals surface area (Å²) in [5.74, 6) is -0.336. The van der Waals surface area contributed by atoms with Crippen molar-refractivity contribution in [2.45, 2.75) is 33.2 Å². The molecule has 19 heavy (non-hydrogen) atoms. The van der Waals surface area contributed by atoms with E-state index in [1.807, 2.05) is 13.8 Å². The van der Waals surface area contributed by atoms with E-state index in [1.54, 1.807) is 6.92 Å². The zero-order valence-electron chi connectivity index (χ0n) is 11.3. The fraction of sp³-hybridized carbons (Fsp3) is 0.462. The van der Waals surface area contributed by atoms with Crippen LogP contribution < -0.4 is 10.1 Å². The number of nitrogens with one attached hydrogen (secondary N) is 1. The first kappa shape index (κ1) is 14.9. The SMILES string of the molecule is CCOc1c(C(=O)NC(C)CC)cccc1[N+](=O)[O-]. The van der Waals surface area contributed by atoms with Crippen LogP contribution >= 0.6 is 0 Å². The van der Waals surface area contributed by atoms with E-state index < -0.39 is 4.92 Å².